The van der Waals surface area contributed by atoms with Crippen LogP contribution < -0.4 is 5.32 Å². The van der Waals surface area contributed by atoms with Gasteiger partial charge in [-0.1, -0.05) is 18.2 Å². The van der Waals surface area contributed by atoms with Gasteiger partial charge in [0.2, 0.25) is 5.91 Å². The van der Waals surface area contributed by atoms with Crippen molar-refractivity contribution in [2.45, 2.75) is 38.7 Å². The van der Waals surface area contributed by atoms with E-state index in [-0.39, 0.29) is 18.6 Å². The van der Waals surface area contributed by atoms with Gasteiger partial charge in [-0.15, -0.1) is 0 Å². The van der Waals surface area contributed by atoms with Crippen molar-refractivity contribution in [3.63, 3.8) is 0 Å². The number of aromatic nitrogens is 1. The van der Waals surface area contributed by atoms with Gasteiger partial charge in [0, 0.05) is 31.6 Å². The molecular weight excluding hydrogens is 388 g/mol. The zero-order valence-corrected chi connectivity index (χ0v) is 18.6. The summed E-state index contributed by atoms with van der Waals surface area (Å²) >= 11 is 0. The molecule has 1 aromatic carbocycles. The topological polar surface area (TPSA) is 57.7 Å². The van der Waals surface area contributed by atoms with Crippen LogP contribution in [0.3, 0.4) is 0 Å². The molecule has 3 aliphatic rings. The van der Waals surface area contributed by atoms with Gasteiger partial charge in [-0.25, -0.2) is 4.98 Å². The number of amides is 1. The highest BCUT2D eigenvalue weighted by atomic mass is 16.5. The predicted molar refractivity (Wildman–Crippen MR) is 123 cm³/mol. The summed E-state index contributed by atoms with van der Waals surface area (Å²) in [4.78, 5) is 21.8. The Hall–Kier alpha value is -2.18. The summed E-state index contributed by atoms with van der Waals surface area (Å²) in [5.74, 6) is 2.59. The number of piperidine rings is 1. The number of para-hydroxylation sites is 1. The Morgan fingerprint density at radius 2 is 1.87 bits per heavy atom. The minimum atomic E-state index is 0.00114. The molecule has 6 heteroatoms. The number of rotatable bonds is 7. The van der Waals surface area contributed by atoms with Crippen molar-refractivity contribution in [2.75, 3.05) is 51.2 Å². The number of hydrogen-bond donors (Lipinski definition) is 1. The minimum Gasteiger partial charge on any atom is -0.367 e. The molecule has 0 radical (unpaired) electrons. The van der Waals surface area contributed by atoms with E-state index in [0.29, 0.717) is 19.0 Å². The summed E-state index contributed by atoms with van der Waals surface area (Å²) < 4.78 is 5.83. The summed E-state index contributed by atoms with van der Waals surface area (Å²) in [5.41, 5.74) is 2.21. The monoisotopic (exact) mass is 422 g/mol. The van der Waals surface area contributed by atoms with Gasteiger partial charge < -0.3 is 19.9 Å². The molecule has 1 amide bonds. The molecule has 166 valence electrons. The van der Waals surface area contributed by atoms with Gasteiger partial charge in [0.25, 0.3) is 0 Å². The van der Waals surface area contributed by atoms with Crippen LogP contribution in [0.1, 0.15) is 31.2 Å². The number of likely N-dealkylation sites (tertiary alicyclic amines) is 1. The number of benzene rings is 1. The first-order valence-corrected chi connectivity index (χ1v) is 11.9. The maximum absolute atomic E-state index is 12.5. The second kappa shape index (κ2) is 9.13. The van der Waals surface area contributed by atoms with Crippen molar-refractivity contribution < 1.29 is 9.53 Å². The number of pyridine rings is 1. The SMILES string of the molecule is Cc1cc(NCC2CN(CC3CCN(CC4CC4)CC3)C(=O)CO2)nc2ccccc12. The highest BCUT2D eigenvalue weighted by Crippen LogP contribution is 2.31. The smallest absolute Gasteiger partial charge is 0.248 e. The molecule has 3 heterocycles. The molecular formula is C25H34N4O2. The second-order valence-corrected chi connectivity index (χ2v) is 9.64. The van der Waals surface area contributed by atoms with Crippen LogP contribution >= 0.6 is 0 Å². The van der Waals surface area contributed by atoms with E-state index < -0.39 is 0 Å². The minimum absolute atomic E-state index is 0.00114. The standard InChI is InChI=1S/C25H34N4O2/c1-18-12-24(27-23-5-3-2-4-22(18)23)26-13-21-16-29(25(30)17-31-21)15-20-8-10-28(11-9-20)14-19-6-7-19/h2-5,12,19-21H,6-11,13-17H2,1H3,(H,26,27). The highest BCUT2D eigenvalue weighted by Gasteiger charge is 2.31. The first kappa shape index (κ1) is 20.7. The Labute approximate surface area is 184 Å². The van der Waals surface area contributed by atoms with Crippen LogP contribution in [0.25, 0.3) is 10.9 Å². The lowest BCUT2D eigenvalue weighted by atomic mass is 9.95. The zero-order valence-electron chi connectivity index (χ0n) is 18.6. The average molecular weight is 423 g/mol. The molecule has 1 atom stereocenters. The molecule has 31 heavy (non-hydrogen) atoms. The van der Waals surface area contributed by atoms with E-state index in [1.165, 1.54) is 56.3 Å². The Kier molecular flexibility index (Phi) is 6.10. The zero-order chi connectivity index (χ0) is 21.2. The molecule has 2 aromatic rings. The summed E-state index contributed by atoms with van der Waals surface area (Å²) in [6.07, 6.45) is 5.26. The van der Waals surface area contributed by atoms with E-state index in [1.54, 1.807) is 0 Å². The third kappa shape index (κ3) is 5.18. The van der Waals surface area contributed by atoms with Gasteiger partial charge in [0.1, 0.15) is 12.4 Å². The normalized spacial score (nSPS) is 23.5. The van der Waals surface area contributed by atoms with Crippen LogP contribution in [0.15, 0.2) is 30.3 Å². The average Bonchev–Trinajstić information content (AvgIpc) is 3.60. The summed E-state index contributed by atoms with van der Waals surface area (Å²) in [6.45, 7) is 8.19. The van der Waals surface area contributed by atoms with E-state index in [0.717, 1.165) is 23.8 Å². The molecule has 3 fully saturated rings. The van der Waals surface area contributed by atoms with Crippen LogP contribution in [-0.2, 0) is 9.53 Å². The van der Waals surface area contributed by atoms with Gasteiger partial charge in [-0.2, -0.15) is 0 Å². The third-order valence-corrected chi connectivity index (χ3v) is 7.05. The predicted octanol–water partition coefficient (Wildman–Crippen LogP) is 3.30. The Morgan fingerprint density at radius 1 is 1.10 bits per heavy atom. The first-order valence-electron chi connectivity index (χ1n) is 11.9. The number of nitrogens with one attached hydrogen (secondary N) is 1. The van der Waals surface area contributed by atoms with Crippen molar-refractivity contribution >= 4 is 22.6 Å². The van der Waals surface area contributed by atoms with Crippen molar-refractivity contribution in [3.8, 4) is 0 Å². The lowest BCUT2D eigenvalue weighted by Crippen LogP contribution is -2.51. The Bertz CT molecular complexity index is 921. The number of nitrogens with zero attached hydrogens (tertiary/aromatic N) is 3. The molecule has 2 saturated heterocycles. The van der Waals surface area contributed by atoms with Crippen molar-refractivity contribution in [1.82, 2.24) is 14.8 Å². The fourth-order valence-electron chi connectivity index (χ4n) is 4.97. The summed E-state index contributed by atoms with van der Waals surface area (Å²) in [7, 11) is 0. The largest absolute Gasteiger partial charge is 0.367 e. The van der Waals surface area contributed by atoms with E-state index >= 15 is 0 Å². The van der Waals surface area contributed by atoms with E-state index in [2.05, 4.69) is 29.3 Å². The van der Waals surface area contributed by atoms with Gasteiger partial charge in [0.05, 0.1) is 11.6 Å². The number of aryl methyl sites for hydroxylation is 1. The maximum Gasteiger partial charge on any atom is 0.248 e. The van der Waals surface area contributed by atoms with E-state index in [4.69, 9.17) is 9.72 Å². The number of carbonyl (C=O) groups is 1. The van der Waals surface area contributed by atoms with Crippen LogP contribution in [-0.4, -0.2) is 72.7 Å². The van der Waals surface area contributed by atoms with Crippen LogP contribution in [0, 0.1) is 18.8 Å². The van der Waals surface area contributed by atoms with Crippen LogP contribution in [0.4, 0.5) is 5.82 Å². The Balaban J connectivity index is 1.12. The highest BCUT2D eigenvalue weighted by molar-refractivity contribution is 5.83. The number of fused-ring (bicyclic) bond motifs is 1. The number of hydrogen-bond acceptors (Lipinski definition) is 5. The van der Waals surface area contributed by atoms with E-state index in [9.17, 15) is 4.79 Å². The first-order chi connectivity index (χ1) is 15.1. The maximum atomic E-state index is 12.5. The lowest BCUT2D eigenvalue weighted by Gasteiger charge is -2.38. The molecule has 0 spiro atoms. The summed E-state index contributed by atoms with van der Waals surface area (Å²) in [5, 5.41) is 4.62. The number of anilines is 1. The third-order valence-electron chi connectivity index (χ3n) is 7.05. The van der Waals surface area contributed by atoms with Crippen molar-refractivity contribution in [2.24, 2.45) is 11.8 Å². The second-order valence-electron chi connectivity index (χ2n) is 9.64. The fraction of sp³-hybridized carbons (Fsp3) is 0.600. The fourth-order valence-corrected chi connectivity index (χ4v) is 4.97. The molecule has 1 unspecified atom stereocenters. The molecule has 0 bridgehead atoms. The van der Waals surface area contributed by atoms with Crippen LogP contribution in [0.2, 0.25) is 0 Å². The molecule has 5 rings (SSSR count). The molecule has 1 aromatic heterocycles. The van der Waals surface area contributed by atoms with Crippen LogP contribution in [0.5, 0.6) is 0 Å². The number of ether oxygens (including phenoxy) is 1. The molecule has 1 aliphatic carbocycles. The van der Waals surface area contributed by atoms with Crippen molar-refractivity contribution in [3.05, 3.63) is 35.9 Å². The lowest BCUT2D eigenvalue weighted by molar-refractivity contribution is -0.149. The molecule has 2 aliphatic heterocycles. The molecule has 6 nitrogen and oxygen atoms in total. The van der Waals surface area contributed by atoms with Crippen molar-refractivity contribution in [1.29, 1.82) is 0 Å². The van der Waals surface area contributed by atoms with Gasteiger partial charge >= 0.3 is 0 Å². The quantitative estimate of drug-likeness (QED) is 0.742. The molecule has 1 saturated carbocycles. The summed E-state index contributed by atoms with van der Waals surface area (Å²) in [6, 6.07) is 10.3. The number of carbonyl (C=O) groups excluding carboxylic acids is 1. The van der Waals surface area contributed by atoms with Gasteiger partial charge in [0.15, 0.2) is 0 Å². The molecule has 1 N–H and O–H groups in total. The Morgan fingerprint density at radius 3 is 2.68 bits per heavy atom. The van der Waals surface area contributed by atoms with Gasteiger partial charge in [-0.05, 0) is 75.2 Å². The number of morpholine rings is 1. The van der Waals surface area contributed by atoms with E-state index in [1.807, 2.05) is 23.1 Å². The van der Waals surface area contributed by atoms with Gasteiger partial charge in [-0.3, -0.25) is 4.79 Å².